The molecule has 0 fully saturated rings. The van der Waals surface area contributed by atoms with Gasteiger partial charge in [-0.05, 0) is 19.1 Å². The van der Waals surface area contributed by atoms with Crippen molar-refractivity contribution in [3.8, 4) is 0 Å². The molecule has 0 amide bonds. The zero-order valence-electron chi connectivity index (χ0n) is 4.35. The summed E-state index contributed by atoms with van der Waals surface area (Å²) in [7, 11) is 0. The molecule has 1 aliphatic rings. The Bertz CT molecular complexity index is 111. The quantitative estimate of drug-likeness (QED) is 0.443. The second kappa shape index (κ2) is 1.82. The van der Waals surface area contributed by atoms with E-state index in [0.717, 1.165) is 12.4 Å². The minimum atomic E-state index is 0.738. The Morgan fingerprint density at radius 2 is 2.57 bits per heavy atom. The van der Waals surface area contributed by atoms with Gasteiger partial charge in [0.1, 0.15) is 6.61 Å². The van der Waals surface area contributed by atoms with Gasteiger partial charge in [-0.15, -0.1) is 0 Å². The van der Waals surface area contributed by atoms with E-state index < -0.39 is 0 Å². The zero-order valence-corrected chi connectivity index (χ0v) is 4.35. The van der Waals surface area contributed by atoms with Crippen LogP contribution in [0.1, 0.15) is 6.92 Å². The molecule has 0 saturated carbocycles. The van der Waals surface area contributed by atoms with Crippen LogP contribution in [-0.2, 0) is 4.74 Å². The second-order valence-electron chi connectivity index (χ2n) is 1.52. The molecule has 7 heavy (non-hydrogen) atoms. The van der Waals surface area contributed by atoms with Gasteiger partial charge in [0.05, 0.1) is 5.76 Å². The molecule has 38 valence electrons. The first kappa shape index (κ1) is 4.44. The molecule has 0 aromatic rings. The smallest absolute Gasteiger partial charge is 0.106 e. The first-order valence-corrected chi connectivity index (χ1v) is 2.36. The molecule has 0 aromatic carbocycles. The molecule has 0 aromatic heterocycles. The van der Waals surface area contributed by atoms with Gasteiger partial charge in [0.25, 0.3) is 0 Å². The average Bonchev–Trinajstić information content (AvgIpc) is 1.69. The molecule has 1 aliphatic heterocycles. The maximum absolute atomic E-state index is 5.05. The van der Waals surface area contributed by atoms with Crippen molar-refractivity contribution in [2.45, 2.75) is 6.92 Å². The Kier molecular flexibility index (Phi) is 1.16. The van der Waals surface area contributed by atoms with Crippen molar-refractivity contribution in [2.24, 2.45) is 0 Å². The predicted octanol–water partition coefficient (Wildman–Crippen LogP) is 1.48. The number of hydrogen-bond acceptors (Lipinski definition) is 1. The minimum Gasteiger partial charge on any atom is -0.494 e. The molecule has 1 nitrogen and oxygen atoms in total. The Morgan fingerprint density at radius 1 is 1.71 bits per heavy atom. The maximum atomic E-state index is 5.05. The van der Waals surface area contributed by atoms with E-state index >= 15 is 0 Å². The topological polar surface area (TPSA) is 9.23 Å². The maximum Gasteiger partial charge on any atom is 0.106 e. The molecular weight excluding hydrogens is 88.1 g/mol. The molecule has 0 radical (unpaired) electrons. The van der Waals surface area contributed by atoms with Crippen LogP contribution in [0.25, 0.3) is 0 Å². The summed E-state index contributed by atoms with van der Waals surface area (Å²) in [6.07, 6.45) is 5.93. The van der Waals surface area contributed by atoms with Gasteiger partial charge in [-0.2, -0.15) is 0 Å². The van der Waals surface area contributed by atoms with Gasteiger partial charge >= 0.3 is 0 Å². The molecule has 0 bridgehead atoms. The van der Waals surface area contributed by atoms with Crippen LogP contribution in [0.15, 0.2) is 24.0 Å². The van der Waals surface area contributed by atoms with Gasteiger partial charge in [0.2, 0.25) is 0 Å². The third-order valence-corrected chi connectivity index (χ3v) is 0.874. The van der Waals surface area contributed by atoms with E-state index in [2.05, 4.69) is 0 Å². The fourth-order valence-electron chi connectivity index (χ4n) is 0.487. The molecule has 1 heteroatoms. The van der Waals surface area contributed by atoms with Crippen LogP contribution in [0.2, 0.25) is 0 Å². The van der Waals surface area contributed by atoms with Gasteiger partial charge < -0.3 is 4.74 Å². The van der Waals surface area contributed by atoms with Gasteiger partial charge in [-0.25, -0.2) is 0 Å². The van der Waals surface area contributed by atoms with Gasteiger partial charge in [0.15, 0.2) is 0 Å². The van der Waals surface area contributed by atoms with Crippen LogP contribution in [0.5, 0.6) is 0 Å². The summed E-state index contributed by atoms with van der Waals surface area (Å²) in [4.78, 5) is 0. The zero-order chi connectivity index (χ0) is 5.11. The van der Waals surface area contributed by atoms with Crippen LogP contribution in [0, 0.1) is 0 Å². The predicted molar refractivity (Wildman–Crippen MR) is 28.8 cm³/mol. The van der Waals surface area contributed by atoms with Crippen molar-refractivity contribution in [3.05, 3.63) is 24.0 Å². The lowest BCUT2D eigenvalue weighted by Crippen LogP contribution is -1.90. The minimum absolute atomic E-state index is 0.738. The van der Waals surface area contributed by atoms with Gasteiger partial charge in [-0.1, -0.05) is 6.08 Å². The van der Waals surface area contributed by atoms with Crippen LogP contribution in [0.4, 0.5) is 0 Å². The molecule has 1 heterocycles. The number of rotatable bonds is 0. The van der Waals surface area contributed by atoms with E-state index in [0.29, 0.717) is 0 Å². The third-order valence-electron chi connectivity index (χ3n) is 0.874. The van der Waals surface area contributed by atoms with Crippen molar-refractivity contribution in [3.63, 3.8) is 0 Å². The SMILES string of the molecule is CC1=CC=CCO1. The normalized spacial score (nSPS) is 18.1. The van der Waals surface area contributed by atoms with Crippen molar-refractivity contribution in [1.29, 1.82) is 0 Å². The lowest BCUT2D eigenvalue weighted by Gasteiger charge is -2.03. The van der Waals surface area contributed by atoms with Crippen LogP contribution in [-0.4, -0.2) is 6.61 Å². The van der Waals surface area contributed by atoms with Crippen molar-refractivity contribution < 1.29 is 4.74 Å². The van der Waals surface area contributed by atoms with E-state index in [9.17, 15) is 0 Å². The monoisotopic (exact) mass is 96.1 g/mol. The Hall–Kier alpha value is -0.720. The van der Waals surface area contributed by atoms with Crippen molar-refractivity contribution in [2.75, 3.05) is 6.61 Å². The Labute approximate surface area is 43.3 Å². The van der Waals surface area contributed by atoms with Crippen molar-refractivity contribution in [1.82, 2.24) is 0 Å². The number of hydrogen-bond donors (Lipinski definition) is 0. The second-order valence-corrected chi connectivity index (χ2v) is 1.52. The summed E-state index contributed by atoms with van der Waals surface area (Å²) in [6, 6.07) is 0. The summed E-state index contributed by atoms with van der Waals surface area (Å²) in [6.45, 7) is 2.69. The highest BCUT2D eigenvalue weighted by atomic mass is 16.5. The van der Waals surface area contributed by atoms with E-state index in [1.165, 1.54) is 0 Å². The van der Waals surface area contributed by atoms with E-state index in [-0.39, 0.29) is 0 Å². The molecule has 0 saturated heterocycles. The standard InChI is InChI=1S/C6H8O/c1-6-4-2-3-5-7-6/h2-4H,5H2,1H3. The third kappa shape index (κ3) is 1.07. The average molecular weight is 96.1 g/mol. The van der Waals surface area contributed by atoms with Crippen molar-refractivity contribution >= 4 is 0 Å². The van der Waals surface area contributed by atoms with Crippen LogP contribution < -0.4 is 0 Å². The van der Waals surface area contributed by atoms with Gasteiger partial charge in [-0.3, -0.25) is 0 Å². The molecule has 0 N–H and O–H groups in total. The molecular formula is C6H8O. The van der Waals surface area contributed by atoms with Gasteiger partial charge in [0, 0.05) is 0 Å². The fraction of sp³-hybridized carbons (Fsp3) is 0.333. The van der Waals surface area contributed by atoms with E-state index in [1.807, 2.05) is 25.2 Å². The summed E-state index contributed by atoms with van der Waals surface area (Å²) >= 11 is 0. The Morgan fingerprint density at radius 3 is 2.86 bits per heavy atom. The summed E-state index contributed by atoms with van der Waals surface area (Å²) < 4.78 is 5.05. The Balaban J connectivity index is 2.57. The number of ether oxygens (including phenoxy) is 1. The molecule has 0 atom stereocenters. The highest BCUT2D eigenvalue weighted by molar-refractivity contribution is 5.09. The van der Waals surface area contributed by atoms with Crippen LogP contribution >= 0.6 is 0 Å². The highest BCUT2D eigenvalue weighted by Crippen LogP contribution is 1.99. The van der Waals surface area contributed by atoms with E-state index in [4.69, 9.17) is 4.74 Å². The molecule has 0 spiro atoms. The lowest BCUT2D eigenvalue weighted by molar-refractivity contribution is 0.246. The summed E-state index contributed by atoms with van der Waals surface area (Å²) in [5.41, 5.74) is 0. The molecule has 0 aliphatic carbocycles. The largest absolute Gasteiger partial charge is 0.494 e. The molecule has 0 unspecified atom stereocenters. The fourth-order valence-corrected chi connectivity index (χ4v) is 0.487. The summed E-state index contributed by atoms with van der Waals surface area (Å²) in [5.74, 6) is 1.00. The van der Waals surface area contributed by atoms with E-state index in [1.54, 1.807) is 0 Å². The summed E-state index contributed by atoms with van der Waals surface area (Å²) in [5, 5.41) is 0. The first-order valence-electron chi connectivity index (χ1n) is 2.36. The van der Waals surface area contributed by atoms with Crippen LogP contribution in [0.3, 0.4) is 0 Å². The number of allylic oxidation sites excluding steroid dienone is 3. The lowest BCUT2D eigenvalue weighted by atomic mass is 10.4. The highest BCUT2D eigenvalue weighted by Gasteiger charge is 1.87. The first-order chi connectivity index (χ1) is 3.39. The molecule has 1 rings (SSSR count).